The minimum atomic E-state index is -2.88. The predicted molar refractivity (Wildman–Crippen MR) is 118 cm³/mol. The lowest BCUT2D eigenvalue weighted by Gasteiger charge is -2.35. The van der Waals surface area contributed by atoms with Gasteiger partial charge in [-0.05, 0) is 42.8 Å². The number of hydrogen-bond acceptors (Lipinski definition) is 6. The fourth-order valence-electron chi connectivity index (χ4n) is 4.10. The summed E-state index contributed by atoms with van der Waals surface area (Å²) in [5.74, 6) is 1.57. The Morgan fingerprint density at radius 3 is 2.66 bits per heavy atom. The Bertz CT molecular complexity index is 1040. The van der Waals surface area contributed by atoms with E-state index in [1.165, 1.54) is 0 Å². The highest BCUT2D eigenvalue weighted by molar-refractivity contribution is 7.91. The van der Waals surface area contributed by atoms with Gasteiger partial charge in [0.1, 0.15) is 5.82 Å². The van der Waals surface area contributed by atoms with E-state index in [-0.39, 0.29) is 11.7 Å². The van der Waals surface area contributed by atoms with Crippen LogP contribution in [0.2, 0.25) is 5.02 Å². The van der Waals surface area contributed by atoms with Crippen LogP contribution in [0.25, 0.3) is 0 Å². The second-order valence-corrected chi connectivity index (χ2v) is 11.0. The van der Waals surface area contributed by atoms with Crippen LogP contribution in [0.1, 0.15) is 12.2 Å². The lowest BCUT2D eigenvalue weighted by atomic mass is 10.1. The first-order chi connectivity index (χ1) is 13.8. The molecule has 7 nitrogen and oxygen atoms in total. The van der Waals surface area contributed by atoms with E-state index in [4.69, 9.17) is 28.9 Å². The molecule has 10 heteroatoms. The molecule has 1 aromatic heterocycles. The van der Waals surface area contributed by atoms with E-state index < -0.39 is 9.84 Å². The van der Waals surface area contributed by atoms with Crippen molar-refractivity contribution in [3.8, 4) is 0 Å². The highest BCUT2D eigenvalue weighted by atomic mass is 35.5. The first-order valence-corrected chi connectivity index (χ1v) is 12.5. The van der Waals surface area contributed by atoms with Crippen LogP contribution >= 0.6 is 23.8 Å². The Balaban J connectivity index is 1.37. The van der Waals surface area contributed by atoms with E-state index in [2.05, 4.69) is 15.9 Å². The Morgan fingerprint density at radius 1 is 1.24 bits per heavy atom. The van der Waals surface area contributed by atoms with E-state index in [1.807, 2.05) is 34.5 Å². The number of aromatic nitrogens is 3. The van der Waals surface area contributed by atoms with Gasteiger partial charge in [-0.3, -0.25) is 4.90 Å². The lowest BCUT2D eigenvalue weighted by Crippen LogP contribution is -2.47. The van der Waals surface area contributed by atoms with Gasteiger partial charge in [-0.15, -0.1) is 0 Å². The number of anilines is 1. The van der Waals surface area contributed by atoms with E-state index in [9.17, 15) is 8.42 Å². The molecular formula is C19H26ClN5O2S2. The van der Waals surface area contributed by atoms with Gasteiger partial charge in [0.05, 0.1) is 18.2 Å². The maximum atomic E-state index is 11.7. The molecule has 2 aliphatic heterocycles. The Labute approximate surface area is 181 Å². The number of halogens is 1. The average Bonchev–Trinajstić information content (AvgIpc) is 3.16. The fraction of sp³-hybridized carbons (Fsp3) is 0.579. The molecule has 29 heavy (non-hydrogen) atoms. The summed E-state index contributed by atoms with van der Waals surface area (Å²) in [6.07, 6.45) is 1.38. The third-order valence-corrected chi connectivity index (χ3v) is 8.37. The maximum Gasteiger partial charge on any atom is 0.198 e. The normalized spacial score (nSPS) is 22.3. The molecule has 0 amide bonds. The van der Waals surface area contributed by atoms with Gasteiger partial charge in [0.15, 0.2) is 14.6 Å². The molecule has 2 fully saturated rings. The molecule has 3 heterocycles. The van der Waals surface area contributed by atoms with Crippen LogP contribution in [0.15, 0.2) is 24.3 Å². The summed E-state index contributed by atoms with van der Waals surface area (Å²) in [5, 5.41) is 5.47. The van der Waals surface area contributed by atoms with Gasteiger partial charge >= 0.3 is 0 Å². The molecule has 1 atom stereocenters. The highest BCUT2D eigenvalue weighted by Crippen LogP contribution is 2.23. The third-order valence-electron chi connectivity index (χ3n) is 5.81. The molecule has 1 unspecified atom stereocenters. The van der Waals surface area contributed by atoms with Crippen LogP contribution in [0.5, 0.6) is 0 Å². The van der Waals surface area contributed by atoms with Gasteiger partial charge in [0.25, 0.3) is 0 Å². The molecule has 4 rings (SSSR count). The summed E-state index contributed by atoms with van der Waals surface area (Å²) < 4.78 is 27.9. The van der Waals surface area contributed by atoms with E-state index in [1.54, 1.807) is 0 Å². The summed E-state index contributed by atoms with van der Waals surface area (Å²) in [4.78, 5) is 4.68. The number of sulfone groups is 1. The van der Waals surface area contributed by atoms with Gasteiger partial charge in [-0.25, -0.2) is 13.1 Å². The van der Waals surface area contributed by atoms with Crippen LogP contribution < -0.4 is 4.90 Å². The summed E-state index contributed by atoms with van der Waals surface area (Å²) in [6.45, 7) is 4.34. The van der Waals surface area contributed by atoms with Crippen molar-refractivity contribution in [3.05, 3.63) is 39.9 Å². The number of benzene rings is 1. The zero-order valence-corrected chi connectivity index (χ0v) is 18.9. The second kappa shape index (κ2) is 8.37. The number of hydrogen-bond donors (Lipinski definition) is 0. The van der Waals surface area contributed by atoms with Crippen molar-refractivity contribution in [2.45, 2.75) is 19.5 Å². The molecule has 0 aliphatic carbocycles. The Hall–Kier alpha value is -1.42. The molecule has 0 N–H and O–H groups in total. The molecule has 158 valence electrons. The molecule has 2 aliphatic rings. The zero-order valence-electron chi connectivity index (χ0n) is 16.5. The van der Waals surface area contributed by atoms with Crippen LogP contribution in [-0.4, -0.2) is 65.4 Å². The van der Waals surface area contributed by atoms with Gasteiger partial charge in [-0.1, -0.05) is 17.7 Å². The van der Waals surface area contributed by atoms with Crippen molar-refractivity contribution < 1.29 is 8.42 Å². The van der Waals surface area contributed by atoms with Crippen molar-refractivity contribution in [2.75, 3.05) is 42.6 Å². The standard InChI is InChI=1S/C19H26ClN5O2S2/c1-22-18(11-15-5-10-29(26,27)13-15)21-25(19(22)28)14-23-6-8-24(9-7-23)17-4-2-3-16(20)12-17/h2-4,12,15H,5-11,13-14H2,1H3. The minimum Gasteiger partial charge on any atom is -0.369 e. The molecule has 1 aromatic carbocycles. The number of nitrogens with zero attached hydrogens (tertiary/aromatic N) is 5. The summed E-state index contributed by atoms with van der Waals surface area (Å²) in [7, 11) is -0.958. The summed E-state index contributed by atoms with van der Waals surface area (Å²) >= 11 is 11.7. The van der Waals surface area contributed by atoms with E-state index in [0.29, 0.717) is 30.0 Å². The fourth-order valence-corrected chi connectivity index (χ4v) is 6.35. The Kier molecular flexibility index (Phi) is 6.02. The van der Waals surface area contributed by atoms with Crippen LogP contribution in [-0.2, 0) is 30.0 Å². The van der Waals surface area contributed by atoms with Crippen molar-refractivity contribution in [2.24, 2.45) is 13.0 Å². The Morgan fingerprint density at radius 2 is 2.00 bits per heavy atom. The van der Waals surface area contributed by atoms with Crippen LogP contribution in [0.4, 0.5) is 5.69 Å². The number of rotatable bonds is 5. The molecule has 0 saturated carbocycles. The monoisotopic (exact) mass is 455 g/mol. The highest BCUT2D eigenvalue weighted by Gasteiger charge is 2.29. The van der Waals surface area contributed by atoms with Crippen LogP contribution in [0, 0.1) is 10.7 Å². The van der Waals surface area contributed by atoms with Crippen molar-refractivity contribution in [1.29, 1.82) is 0 Å². The summed E-state index contributed by atoms with van der Waals surface area (Å²) in [6, 6.07) is 7.96. The largest absolute Gasteiger partial charge is 0.369 e. The molecule has 2 aromatic rings. The van der Waals surface area contributed by atoms with Gasteiger partial charge in [0.2, 0.25) is 0 Å². The third kappa shape index (κ3) is 4.84. The molecule has 2 saturated heterocycles. The first kappa shape index (κ1) is 20.8. The molecule has 0 radical (unpaired) electrons. The maximum absolute atomic E-state index is 11.7. The first-order valence-electron chi connectivity index (χ1n) is 9.87. The van der Waals surface area contributed by atoms with Gasteiger partial charge in [-0.2, -0.15) is 5.10 Å². The zero-order chi connectivity index (χ0) is 20.6. The summed E-state index contributed by atoms with van der Waals surface area (Å²) in [5.41, 5.74) is 1.15. The van der Waals surface area contributed by atoms with Gasteiger partial charge < -0.3 is 9.47 Å². The average molecular weight is 456 g/mol. The number of piperazine rings is 1. The molecule has 0 bridgehead atoms. The molecule has 0 spiro atoms. The SMILES string of the molecule is Cn1c(CC2CCS(=O)(=O)C2)nn(CN2CCN(c3cccc(Cl)c3)CC2)c1=S. The second-order valence-electron chi connectivity index (χ2n) is 7.96. The van der Waals surface area contributed by atoms with Crippen LogP contribution in [0.3, 0.4) is 0 Å². The van der Waals surface area contributed by atoms with E-state index >= 15 is 0 Å². The topological polar surface area (TPSA) is 63.4 Å². The van der Waals surface area contributed by atoms with E-state index in [0.717, 1.165) is 42.7 Å². The van der Waals surface area contributed by atoms with Gasteiger partial charge in [0, 0.05) is 50.4 Å². The lowest BCUT2D eigenvalue weighted by molar-refractivity contribution is 0.194. The quantitative estimate of drug-likeness (QED) is 0.645. The minimum absolute atomic E-state index is 0.144. The van der Waals surface area contributed by atoms with Crippen molar-refractivity contribution in [3.63, 3.8) is 0 Å². The van der Waals surface area contributed by atoms with Crippen molar-refractivity contribution >= 4 is 39.3 Å². The van der Waals surface area contributed by atoms with Crippen molar-refractivity contribution in [1.82, 2.24) is 19.2 Å². The molecular weight excluding hydrogens is 430 g/mol. The smallest absolute Gasteiger partial charge is 0.198 e. The predicted octanol–water partition coefficient (Wildman–Crippen LogP) is 2.36.